The highest BCUT2D eigenvalue weighted by Gasteiger charge is 2.19. The van der Waals surface area contributed by atoms with E-state index in [0.29, 0.717) is 5.82 Å². The first-order valence-electron chi connectivity index (χ1n) is 15.9. The predicted octanol–water partition coefficient (Wildman–Crippen LogP) is 8.57. The minimum absolute atomic E-state index is 0.600. The van der Waals surface area contributed by atoms with E-state index in [4.69, 9.17) is 4.98 Å². The third-order valence-electron chi connectivity index (χ3n) is 9.36. The van der Waals surface area contributed by atoms with Crippen molar-refractivity contribution in [3.63, 3.8) is 0 Å². The average molecular weight is 622 g/mol. The Balaban J connectivity index is 1.13. The van der Waals surface area contributed by atoms with E-state index in [9.17, 15) is 0 Å². The molecule has 0 N–H and O–H groups in total. The highest BCUT2D eigenvalue weighted by Crippen LogP contribution is 2.35. The lowest BCUT2D eigenvalue weighted by atomic mass is 9.95. The van der Waals surface area contributed by atoms with Gasteiger partial charge in [-0.2, -0.15) is 0 Å². The van der Waals surface area contributed by atoms with E-state index in [1.807, 2.05) is 35.6 Å². The van der Waals surface area contributed by atoms with Gasteiger partial charge in [0.2, 0.25) is 0 Å². The zero-order valence-electron chi connectivity index (χ0n) is 25.3. The van der Waals surface area contributed by atoms with Crippen molar-refractivity contribution < 1.29 is 0 Å². The van der Waals surface area contributed by atoms with Gasteiger partial charge in [-0.3, -0.25) is 4.57 Å². The van der Waals surface area contributed by atoms with Gasteiger partial charge in [0, 0.05) is 43.8 Å². The average Bonchev–Trinajstić information content (AvgIpc) is 3.82. The molecule has 0 amide bonds. The third-order valence-corrected chi connectivity index (χ3v) is 10.6. The zero-order chi connectivity index (χ0) is 30.9. The molecule has 0 radical (unpaired) electrons. The summed E-state index contributed by atoms with van der Waals surface area (Å²) in [5, 5.41) is 5.31. The summed E-state index contributed by atoms with van der Waals surface area (Å²) >= 11 is 1.93. The first-order chi connectivity index (χ1) is 23.3. The number of para-hydroxylation sites is 3. The highest BCUT2D eigenvalue weighted by molar-refractivity contribution is 7.17. The van der Waals surface area contributed by atoms with E-state index in [1.54, 1.807) is 12.4 Å². The van der Waals surface area contributed by atoms with Crippen LogP contribution in [0.3, 0.4) is 0 Å². The molecule has 4 aromatic heterocycles. The SMILES string of the molecule is C1=c2c(sc3ccccc23)=C(c2ccc3c(c2)c2ccccc2n3-c2ccc(-n3c(-c4ncccn4)nc4ccccc43)cc2)CC1. The summed E-state index contributed by atoms with van der Waals surface area (Å²) in [6.07, 6.45) is 8.07. The number of thiophene rings is 1. The molecule has 5 aromatic carbocycles. The Hall–Kier alpha value is -5.85. The summed E-state index contributed by atoms with van der Waals surface area (Å²) < 4.78 is 7.31. The minimum Gasteiger partial charge on any atom is -0.309 e. The molecule has 9 aromatic rings. The normalized spacial score (nSPS) is 13.1. The maximum Gasteiger partial charge on any atom is 0.196 e. The molecule has 1 aliphatic carbocycles. The lowest BCUT2D eigenvalue weighted by Crippen LogP contribution is -2.25. The Morgan fingerprint density at radius 3 is 2.15 bits per heavy atom. The van der Waals surface area contributed by atoms with E-state index in [2.05, 4.69) is 122 Å². The molecule has 0 bridgehead atoms. The largest absolute Gasteiger partial charge is 0.309 e. The highest BCUT2D eigenvalue weighted by atomic mass is 32.1. The van der Waals surface area contributed by atoms with E-state index in [0.717, 1.165) is 41.1 Å². The number of fused-ring (bicyclic) bond motifs is 7. The van der Waals surface area contributed by atoms with Gasteiger partial charge in [-0.15, -0.1) is 11.3 Å². The second kappa shape index (κ2) is 10.3. The van der Waals surface area contributed by atoms with Crippen LogP contribution in [0.2, 0.25) is 0 Å². The third kappa shape index (κ3) is 4.05. The first-order valence-corrected chi connectivity index (χ1v) is 16.7. The predicted molar refractivity (Wildman–Crippen MR) is 194 cm³/mol. The van der Waals surface area contributed by atoms with E-state index < -0.39 is 0 Å². The van der Waals surface area contributed by atoms with Crippen molar-refractivity contribution in [3.8, 4) is 23.0 Å². The van der Waals surface area contributed by atoms with Crippen LogP contribution >= 0.6 is 11.3 Å². The van der Waals surface area contributed by atoms with Gasteiger partial charge in [-0.1, -0.05) is 60.7 Å². The fourth-order valence-electron chi connectivity index (χ4n) is 7.28. The molecule has 222 valence electrons. The summed E-state index contributed by atoms with van der Waals surface area (Å²) in [5.74, 6) is 1.33. The van der Waals surface area contributed by atoms with E-state index in [-0.39, 0.29) is 0 Å². The first kappa shape index (κ1) is 26.4. The quantitative estimate of drug-likeness (QED) is 0.198. The summed E-state index contributed by atoms with van der Waals surface area (Å²) in [5.41, 5.74) is 9.23. The zero-order valence-corrected chi connectivity index (χ0v) is 26.2. The molecule has 0 saturated heterocycles. The summed E-state index contributed by atoms with van der Waals surface area (Å²) in [7, 11) is 0. The molecule has 0 aliphatic heterocycles. The van der Waals surface area contributed by atoms with Crippen LogP contribution in [-0.2, 0) is 0 Å². The van der Waals surface area contributed by atoms with E-state index >= 15 is 0 Å². The van der Waals surface area contributed by atoms with Crippen molar-refractivity contribution >= 4 is 65.9 Å². The second-order valence-corrected chi connectivity index (χ2v) is 13.0. The van der Waals surface area contributed by atoms with Crippen molar-refractivity contribution in [2.45, 2.75) is 12.8 Å². The monoisotopic (exact) mass is 621 g/mol. The fourth-order valence-corrected chi connectivity index (χ4v) is 8.58. The number of hydrogen-bond acceptors (Lipinski definition) is 4. The van der Waals surface area contributed by atoms with Gasteiger partial charge in [0.05, 0.1) is 22.1 Å². The van der Waals surface area contributed by atoms with Gasteiger partial charge in [0.1, 0.15) is 0 Å². The Labute approximate surface area is 274 Å². The molecular weight excluding hydrogens is 595 g/mol. The molecule has 1 aliphatic rings. The molecule has 0 atom stereocenters. The van der Waals surface area contributed by atoms with Crippen LogP contribution in [0.1, 0.15) is 18.4 Å². The molecular formula is C41H27N5S. The van der Waals surface area contributed by atoms with Crippen molar-refractivity contribution in [3.05, 3.63) is 149 Å². The van der Waals surface area contributed by atoms with Gasteiger partial charge in [0.15, 0.2) is 11.6 Å². The fraction of sp³-hybridized carbons (Fsp3) is 0.0488. The smallest absolute Gasteiger partial charge is 0.196 e. The van der Waals surface area contributed by atoms with Gasteiger partial charge in [0.25, 0.3) is 0 Å². The number of hydrogen-bond donors (Lipinski definition) is 0. The second-order valence-electron chi connectivity index (χ2n) is 12.0. The van der Waals surface area contributed by atoms with Crippen LogP contribution in [0.5, 0.6) is 0 Å². The van der Waals surface area contributed by atoms with Crippen LogP contribution in [0.25, 0.3) is 77.6 Å². The van der Waals surface area contributed by atoms with Crippen molar-refractivity contribution in [1.29, 1.82) is 0 Å². The standard InChI is InChI=1S/C41H27N5S/c1-4-14-35-30(9-1)33-25-26(29-11-7-12-32-31-10-2-6-16-38(31)47-39(29)32)17-22-36(33)45(35)27-18-20-28(21-19-27)46-37-15-5-3-13-34(37)44-41(46)40-42-23-8-24-43-40/h1-6,8-10,12-25H,7,11H2. The van der Waals surface area contributed by atoms with Crippen molar-refractivity contribution in [2.24, 2.45) is 0 Å². The summed E-state index contributed by atoms with van der Waals surface area (Å²) in [6, 6.07) is 43.4. The number of benzene rings is 5. The molecule has 0 spiro atoms. The maximum atomic E-state index is 4.92. The van der Waals surface area contributed by atoms with Crippen LogP contribution < -0.4 is 9.75 Å². The molecule has 0 unspecified atom stereocenters. The van der Waals surface area contributed by atoms with Gasteiger partial charge >= 0.3 is 0 Å². The lowest BCUT2D eigenvalue weighted by Gasteiger charge is -2.13. The van der Waals surface area contributed by atoms with Crippen molar-refractivity contribution in [1.82, 2.24) is 24.1 Å². The lowest BCUT2D eigenvalue weighted by molar-refractivity contribution is 1.04. The molecule has 4 heterocycles. The van der Waals surface area contributed by atoms with Crippen LogP contribution in [0.15, 0.2) is 134 Å². The molecule has 0 saturated carbocycles. The van der Waals surface area contributed by atoms with Gasteiger partial charge < -0.3 is 4.57 Å². The van der Waals surface area contributed by atoms with Gasteiger partial charge in [-0.25, -0.2) is 15.0 Å². The number of nitrogens with zero attached hydrogens (tertiary/aromatic N) is 5. The number of aromatic nitrogens is 5. The Bertz CT molecular complexity index is 2790. The van der Waals surface area contributed by atoms with Crippen LogP contribution in [-0.4, -0.2) is 24.1 Å². The molecule has 47 heavy (non-hydrogen) atoms. The van der Waals surface area contributed by atoms with E-state index in [1.165, 1.54) is 52.8 Å². The maximum absolute atomic E-state index is 4.92. The molecule has 0 fully saturated rings. The Kier molecular flexibility index (Phi) is 5.80. The van der Waals surface area contributed by atoms with Crippen LogP contribution in [0.4, 0.5) is 0 Å². The molecule has 10 rings (SSSR count). The summed E-state index contributed by atoms with van der Waals surface area (Å²) in [4.78, 5) is 14.0. The summed E-state index contributed by atoms with van der Waals surface area (Å²) in [6.45, 7) is 0. The number of imidazole rings is 1. The van der Waals surface area contributed by atoms with Crippen molar-refractivity contribution in [2.75, 3.05) is 0 Å². The Morgan fingerprint density at radius 1 is 0.596 bits per heavy atom. The Morgan fingerprint density at radius 2 is 1.30 bits per heavy atom. The topological polar surface area (TPSA) is 48.5 Å². The van der Waals surface area contributed by atoms with Crippen LogP contribution in [0, 0.1) is 0 Å². The van der Waals surface area contributed by atoms with Gasteiger partial charge in [-0.05, 0) is 101 Å². The molecule has 5 nitrogen and oxygen atoms in total. The molecule has 6 heteroatoms. The number of rotatable bonds is 4. The minimum atomic E-state index is 0.600.